The lowest BCUT2D eigenvalue weighted by Gasteiger charge is -2.43. The molecule has 1 aliphatic heterocycles. The maximum atomic E-state index is 12.2. The molecule has 2 N–H and O–H groups in total. The van der Waals surface area contributed by atoms with Crippen LogP contribution >= 0.6 is 0 Å². The molecule has 1 saturated carbocycles. The average Bonchev–Trinajstić information content (AvgIpc) is 2.26. The Kier molecular flexibility index (Phi) is 3.78. The van der Waals surface area contributed by atoms with Crippen molar-refractivity contribution in [2.45, 2.75) is 63.5 Å². The zero-order chi connectivity index (χ0) is 13.2. The number of likely N-dealkylation sites (tertiary alicyclic amines) is 1. The first-order chi connectivity index (χ1) is 8.50. The maximum absolute atomic E-state index is 12.2. The van der Waals surface area contributed by atoms with Crippen molar-refractivity contribution in [1.29, 1.82) is 0 Å². The van der Waals surface area contributed by atoms with Gasteiger partial charge in [-0.1, -0.05) is 0 Å². The third-order valence-corrected chi connectivity index (χ3v) is 4.16. The van der Waals surface area contributed by atoms with Gasteiger partial charge in [0.1, 0.15) is 0 Å². The van der Waals surface area contributed by atoms with Crippen LogP contribution in [0.25, 0.3) is 0 Å². The molecule has 2 aliphatic rings. The number of hydrogen-bond donors (Lipinski definition) is 2. The van der Waals surface area contributed by atoms with Gasteiger partial charge in [-0.25, -0.2) is 4.79 Å². The molecule has 2 amide bonds. The van der Waals surface area contributed by atoms with Gasteiger partial charge in [0.25, 0.3) is 0 Å². The highest BCUT2D eigenvalue weighted by molar-refractivity contribution is 5.77. The van der Waals surface area contributed by atoms with Crippen LogP contribution < -0.4 is 5.32 Å². The molecule has 2 fully saturated rings. The molecule has 0 aromatic heterocycles. The summed E-state index contributed by atoms with van der Waals surface area (Å²) in [7, 11) is 0. The predicted octanol–water partition coefficient (Wildman–Crippen LogP) is 1.97. The molecular formula is C13H22N2O3. The molecule has 1 heterocycles. The first-order valence-corrected chi connectivity index (χ1v) is 6.81. The van der Waals surface area contributed by atoms with Gasteiger partial charge < -0.3 is 15.3 Å². The molecule has 2 rings (SSSR count). The summed E-state index contributed by atoms with van der Waals surface area (Å²) in [6.45, 7) is 2.74. The fraction of sp³-hybridized carbons (Fsp3) is 0.846. The van der Waals surface area contributed by atoms with Gasteiger partial charge in [0.2, 0.25) is 0 Å². The highest BCUT2D eigenvalue weighted by atomic mass is 16.4. The van der Waals surface area contributed by atoms with Crippen LogP contribution in [-0.2, 0) is 4.79 Å². The van der Waals surface area contributed by atoms with E-state index in [1.807, 2.05) is 0 Å². The van der Waals surface area contributed by atoms with Gasteiger partial charge in [0, 0.05) is 18.1 Å². The Bertz CT molecular complexity index is 339. The number of nitrogens with zero attached hydrogens (tertiary/aromatic N) is 1. The number of aliphatic carboxylic acids is 1. The maximum Gasteiger partial charge on any atom is 0.318 e. The summed E-state index contributed by atoms with van der Waals surface area (Å²) >= 11 is 0. The van der Waals surface area contributed by atoms with Gasteiger partial charge in [-0.05, 0) is 45.4 Å². The smallest absolute Gasteiger partial charge is 0.318 e. The van der Waals surface area contributed by atoms with E-state index in [0.717, 1.165) is 38.5 Å². The third-order valence-electron chi connectivity index (χ3n) is 4.16. The Labute approximate surface area is 108 Å². The van der Waals surface area contributed by atoms with Crippen LogP contribution in [0.4, 0.5) is 4.79 Å². The largest absolute Gasteiger partial charge is 0.481 e. The minimum absolute atomic E-state index is 0.0597. The van der Waals surface area contributed by atoms with E-state index in [1.54, 1.807) is 4.90 Å². The standard InChI is InChI=1S/C13H22N2O3/c1-13(6-4-7-13)14-12(18)15-8-3-2-5-10(15)9-11(16)17/h10H,2-9H2,1H3,(H,14,18)(H,16,17). The number of carbonyl (C=O) groups is 2. The number of urea groups is 1. The van der Waals surface area contributed by atoms with Crippen molar-refractivity contribution in [2.24, 2.45) is 0 Å². The number of piperidine rings is 1. The summed E-state index contributed by atoms with van der Waals surface area (Å²) in [4.78, 5) is 24.8. The van der Waals surface area contributed by atoms with Crippen LogP contribution in [0.5, 0.6) is 0 Å². The Morgan fingerprint density at radius 2 is 2.06 bits per heavy atom. The molecule has 5 nitrogen and oxygen atoms in total. The third kappa shape index (κ3) is 2.94. The lowest BCUT2D eigenvalue weighted by molar-refractivity contribution is -0.138. The van der Waals surface area contributed by atoms with Crippen molar-refractivity contribution in [3.63, 3.8) is 0 Å². The van der Waals surface area contributed by atoms with Gasteiger partial charge >= 0.3 is 12.0 Å². The minimum Gasteiger partial charge on any atom is -0.481 e. The predicted molar refractivity (Wildman–Crippen MR) is 67.4 cm³/mol. The van der Waals surface area contributed by atoms with Crippen molar-refractivity contribution in [1.82, 2.24) is 10.2 Å². The molecule has 0 bridgehead atoms. The van der Waals surface area contributed by atoms with Crippen molar-refractivity contribution in [3.05, 3.63) is 0 Å². The fourth-order valence-corrected chi connectivity index (χ4v) is 2.84. The average molecular weight is 254 g/mol. The number of carbonyl (C=O) groups excluding carboxylic acids is 1. The molecule has 1 atom stereocenters. The van der Waals surface area contributed by atoms with Gasteiger partial charge in [-0.2, -0.15) is 0 Å². The van der Waals surface area contributed by atoms with E-state index in [-0.39, 0.29) is 24.0 Å². The topological polar surface area (TPSA) is 69.6 Å². The van der Waals surface area contributed by atoms with Crippen LogP contribution in [-0.4, -0.2) is 40.1 Å². The van der Waals surface area contributed by atoms with Crippen molar-refractivity contribution < 1.29 is 14.7 Å². The van der Waals surface area contributed by atoms with Crippen LogP contribution in [0.15, 0.2) is 0 Å². The molecule has 18 heavy (non-hydrogen) atoms. The summed E-state index contributed by atoms with van der Waals surface area (Å²) in [6.07, 6.45) is 6.06. The quantitative estimate of drug-likeness (QED) is 0.809. The summed E-state index contributed by atoms with van der Waals surface area (Å²) in [5, 5.41) is 12.0. The van der Waals surface area contributed by atoms with E-state index in [2.05, 4.69) is 12.2 Å². The molecule has 1 aliphatic carbocycles. The summed E-state index contributed by atoms with van der Waals surface area (Å²) in [6, 6.07) is -0.219. The zero-order valence-electron chi connectivity index (χ0n) is 10.9. The molecule has 0 aromatic carbocycles. The van der Waals surface area contributed by atoms with Crippen molar-refractivity contribution in [2.75, 3.05) is 6.54 Å². The lowest BCUT2D eigenvalue weighted by Crippen LogP contribution is -2.58. The molecule has 1 unspecified atom stereocenters. The summed E-state index contributed by atoms with van der Waals surface area (Å²) in [5.41, 5.74) is -0.0672. The Morgan fingerprint density at radius 3 is 2.61 bits per heavy atom. The van der Waals surface area contributed by atoms with E-state index in [0.29, 0.717) is 6.54 Å². The first kappa shape index (κ1) is 13.2. The number of carboxylic acid groups (broad SMARTS) is 1. The molecule has 102 valence electrons. The highest BCUT2D eigenvalue weighted by Gasteiger charge is 2.36. The molecule has 0 spiro atoms. The van der Waals surface area contributed by atoms with E-state index < -0.39 is 5.97 Å². The lowest BCUT2D eigenvalue weighted by atomic mass is 9.78. The number of carboxylic acids is 1. The molecule has 0 radical (unpaired) electrons. The normalized spacial score (nSPS) is 26.3. The number of rotatable bonds is 3. The van der Waals surface area contributed by atoms with E-state index in [9.17, 15) is 9.59 Å². The molecule has 1 saturated heterocycles. The van der Waals surface area contributed by atoms with Crippen LogP contribution in [0.3, 0.4) is 0 Å². The SMILES string of the molecule is CC1(NC(=O)N2CCCCC2CC(=O)O)CCC1. The minimum atomic E-state index is -0.824. The van der Waals surface area contributed by atoms with E-state index >= 15 is 0 Å². The van der Waals surface area contributed by atoms with Gasteiger partial charge in [-0.3, -0.25) is 4.79 Å². The molecule has 0 aromatic rings. The number of amides is 2. The number of hydrogen-bond acceptors (Lipinski definition) is 2. The summed E-state index contributed by atoms with van der Waals surface area (Å²) in [5.74, 6) is -0.824. The molecular weight excluding hydrogens is 232 g/mol. The van der Waals surface area contributed by atoms with Crippen molar-refractivity contribution >= 4 is 12.0 Å². The second kappa shape index (κ2) is 5.16. The fourth-order valence-electron chi connectivity index (χ4n) is 2.84. The molecule has 5 heteroatoms. The van der Waals surface area contributed by atoms with Crippen molar-refractivity contribution in [3.8, 4) is 0 Å². The Morgan fingerprint density at radius 1 is 1.33 bits per heavy atom. The second-order valence-corrected chi connectivity index (χ2v) is 5.79. The Balaban J connectivity index is 1.94. The van der Waals surface area contributed by atoms with Crippen LogP contribution in [0.2, 0.25) is 0 Å². The van der Waals surface area contributed by atoms with Crippen LogP contribution in [0, 0.1) is 0 Å². The second-order valence-electron chi connectivity index (χ2n) is 5.79. The van der Waals surface area contributed by atoms with Gasteiger partial charge in [-0.15, -0.1) is 0 Å². The van der Waals surface area contributed by atoms with Crippen LogP contribution in [0.1, 0.15) is 51.9 Å². The number of nitrogens with one attached hydrogen (secondary N) is 1. The summed E-state index contributed by atoms with van der Waals surface area (Å²) < 4.78 is 0. The van der Waals surface area contributed by atoms with Gasteiger partial charge in [0.05, 0.1) is 6.42 Å². The van der Waals surface area contributed by atoms with E-state index in [1.165, 1.54) is 0 Å². The van der Waals surface area contributed by atoms with E-state index in [4.69, 9.17) is 5.11 Å². The first-order valence-electron chi connectivity index (χ1n) is 6.81. The van der Waals surface area contributed by atoms with Gasteiger partial charge in [0.15, 0.2) is 0 Å². The zero-order valence-corrected chi connectivity index (χ0v) is 10.9. The monoisotopic (exact) mass is 254 g/mol. The Hall–Kier alpha value is -1.26. The highest BCUT2D eigenvalue weighted by Crippen LogP contribution is 2.31.